The summed E-state index contributed by atoms with van der Waals surface area (Å²) < 4.78 is 5.08. The molecule has 1 heterocycles. The minimum Gasteiger partial charge on any atom is -0.468 e. The number of carbonyl (C=O) groups is 1. The number of hydrogen-bond donors (Lipinski definition) is 0. The normalized spacial score (nSPS) is 9.91. The van der Waals surface area contributed by atoms with Crippen LogP contribution in [-0.4, -0.2) is 11.5 Å². The molecule has 0 aliphatic heterocycles. The molecule has 0 amide bonds. The molecule has 0 saturated heterocycles. The van der Waals surface area contributed by atoms with Crippen LogP contribution in [0.15, 0.2) is 22.8 Å². The van der Waals surface area contributed by atoms with Crippen molar-refractivity contribution >= 4 is 17.5 Å². The average molecular weight is 170 g/mol. The van der Waals surface area contributed by atoms with Gasteiger partial charge in [-0.25, -0.2) is 0 Å². The highest BCUT2D eigenvalue weighted by atomic mass is 32.2. The van der Waals surface area contributed by atoms with E-state index in [9.17, 15) is 4.79 Å². The molecule has 0 unspecified atom stereocenters. The van der Waals surface area contributed by atoms with Crippen LogP contribution in [0.25, 0.3) is 0 Å². The molecule has 0 aliphatic rings. The van der Waals surface area contributed by atoms with Crippen LogP contribution in [0.2, 0.25) is 0 Å². The van der Waals surface area contributed by atoms with Gasteiger partial charge in [0.25, 0.3) is 0 Å². The zero-order chi connectivity index (χ0) is 8.10. The summed E-state index contributed by atoms with van der Waals surface area (Å²) in [6.45, 7) is 1.59. The molecule has 0 atom stereocenters. The number of Topliss-reactive ketones (excluding diaryl/α,β-unsaturated/α-hetero) is 1. The van der Waals surface area contributed by atoms with Crippen LogP contribution in [0.1, 0.15) is 12.7 Å². The SMILES string of the molecule is CC(=O)CSCc1ccco1. The first kappa shape index (κ1) is 8.40. The van der Waals surface area contributed by atoms with Gasteiger partial charge >= 0.3 is 0 Å². The summed E-state index contributed by atoms with van der Waals surface area (Å²) in [5, 5.41) is 0. The first-order valence-electron chi connectivity index (χ1n) is 3.38. The molecule has 0 aliphatic carbocycles. The van der Waals surface area contributed by atoms with Crippen molar-refractivity contribution in [1.29, 1.82) is 0 Å². The van der Waals surface area contributed by atoms with E-state index in [-0.39, 0.29) is 5.78 Å². The van der Waals surface area contributed by atoms with Gasteiger partial charge in [-0.3, -0.25) is 4.79 Å². The number of thioether (sulfide) groups is 1. The van der Waals surface area contributed by atoms with Gasteiger partial charge in [0, 0.05) is 0 Å². The summed E-state index contributed by atoms with van der Waals surface area (Å²) in [6.07, 6.45) is 1.64. The maximum atomic E-state index is 10.5. The van der Waals surface area contributed by atoms with Gasteiger partial charge in [0.1, 0.15) is 11.5 Å². The van der Waals surface area contributed by atoms with Gasteiger partial charge in [0.05, 0.1) is 17.8 Å². The highest BCUT2D eigenvalue weighted by molar-refractivity contribution is 7.99. The Labute approximate surface area is 70.0 Å². The minimum absolute atomic E-state index is 0.210. The zero-order valence-electron chi connectivity index (χ0n) is 6.37. The summed E-state index contributed by atoms with van der Waals surface area (Å²) >= 11 is 1.58. The Hall–Kier alpha value is -0.700. The average Bonchev–Trinajstić information content (AvgIpc) is 2.39. The van der Waals surface area contributed by atoms with E-state index in [1.54, 1.807) is 24.9 Å². The summed E-state index contributed by atoms with van der Waals surface area (Å²) in [7, 11) is 0. The lowest BCUT2D eigenvalue weighted by molar-refractivity contribution is -0.114. The molecule has 3 heteroatoms. The molecule has 0 spiro atoms. The third kappa shape index (κ3) is 3.28. The highest BCUT2D eigenvalue weighted by Gasteiger charge is 1.97. The van der Waals surface area contributed by atoms with Crippen molar-refractivity contribution in [1.82, 2.24) is 0 Å². The van der Waals surface area contributed by atoms with Crippen LogP contribution in [0, 0.1) is 0 Å². The van der Waals surface area contributed by atoms with E-state index >= 15 is 0 Å². The van der Waals surface area contributed by atoms with Crippen molar-refractivity contribution in [2.45, 2.75) is 12.7 Å². The predicted octanol–water partition coefficient (Wildman–Crippen LogP) is 2.10. The third-order valence-electron chi connectivity index (χ3n) is 1.13. The van der Waals surface area contributed by atoms with Crippen LogP contribution >= 0.6 is 11.8 Å². The van der Waals surface area contributed by atoms with E-state index in [4.69, 9.17) is 4.42 Å². The molecule has 1 aromatic rings. The molecule has 0 saturated carbocycles. The topological polar surface area (TPSA) is 30.2 Å². The lowest BCUT2D eigenvalue weighted by Gasteiger charge is -1.93. The fourth-order valence-corrected chi connectivity index (χ4v) is 1.45. The second-order valence-corrected chi connectivity index (χ2v) is 3.26. The van der Waals surface area contributed by atoms with E-state index < -0.39 is 0 Å². The van der Waals surface area contributed by atoms with Gasteiger partial charge in [-0.05, 0) is 19.1 Å². The molecule has 60 valence electrons. The molecule has 0 fully saturated rings. The van der Waals surface area contributed by atoms with Gasteiger partial charge in [0.15, 0.2) is 0 Å². The lowest BCUT2D eigenvalue weighted by atomic mass is 10.5. The predicted molar refractivity (Wildman–Crippen MR) is 45.6 cm³/mol. The fraction of sp³-hybridized carbons (Fsp3) is 0.375. The maximum Gasteiger partial charge on any atom is 0.139 e. The van der Waals surface area contributed by atoms with Crippen molar-refractivity contribution in [3.63, 3.8) is 0 Å². The molecule has 2 nitrogen and oxygen atoms in total. The Morgan fingerprint density at radius 2 is 2.55 bits per heavy atom. The monoisotopic (exact) mass is 170 g/mol. The van der Waals surface area contributed by atoms with Gasteiger partial charge in [-0.15, -0.1) is 11.8 Å². The van der Waals surface area contributed by atoms with Crippen molar-refractivity contribution < 1.29 is 9.21 Å². The van der Waals surface area contributed by atoms with E-state index in [0.29, 0.717) is 5.75 Å². The Bertz CT molecular complexity index is 216. The number of carbonyl (C=O) groups excluding carboxylic acids is 1. The van der Waals surface area contributed by atoms with Crippen molar-refractivity contribution in [2.75, 3.05) is 5.75 Å². The second kappa shape index (κ2) is 4.23. The summed E-state index contributed by atoms with van der Waals surface area (Å²) in [6, 6.07) is 3.76. The van der Waals surface area contributed by atoms with Gasteiger partial charge in [-0.2, -0.15) is 0 Å². The van der Waals surface area contributed by atoms with Crippen LogP contribution in [0.5, 0.6) is 0 Å². The standard InChI is InChI=1S/C8H10O2S/c1-7(9)5-11-6-8-3-2-4-10-8/h2-4H,5-6H2,1H3. The summed E-state index contributed by atoms with van der Waals surface area (Å²) in [5.41, 5.74) is 0. The highest BCUT2D eigenvalue weighted by Crippen LogP contribution is 2.11. The number of rotatable bonds is 4. The van der Waals surface area contributed by atoms with Crippen LogP contribution in [0.4, 0.5) is 0 Å². The molecule has 0 aromatic carbocycles. The first-order chi connectivity index (χ1) is 5.29. The van der Waals surface area contributed by atoms with Crippen LogP contribution < -0.4 is 0 Å². The van der Waals surface area contributed by atoms with Gasteiger partial charge in [0.2, 0.25) is 0 Å². The molecule has 11 heavy (non-hydrogen) atoms. The molecular formula is C8H10O2S. The lowest BCUT2D eigenvalue weighted by Crippen LogP contribution is -1.93. The second-order valence-electron chi connectivity index (χ2n) is 2.27. The van der Waals surface area contributed by atoms with Gasteiger partial charge < -0.3 is 4.42 Å². The van der Waals surface area contributed by atoms with Gasteiger partial charge in [-0.1, -0.05) is 0 Å². The van der Waals surface area contributed by atoms with E-state index in [2.05, 4.69) is 0 Å². The third-order valence-corrected chi connectivity index (χ3v) is 2.23. The number of ketones is 1. The van der Waals surface area contributed by atoms with E-state index in [0.717, 1.165) is 11.5 Å². The minimum atomic E-state index is 0.210. The van der Waals surface area contributed by atoms with Crippen LogP contribution in [-0.2, 0) is 10.5 Å². The number of furan rings is 1. The molecule has 0 bridgehead atoms. The van der Waals surface area contributed by atoms with Crippen molar-refractivity contribution in [3.05, 3.63) is 24.2 Å². The Morgan fingerprint density at radius 1 is 1.73 bits per heavy atom. The molecule has 1 rings (SSSR count). The summed E-state index contributed by atoms with van der Waals surface area (Å²) in [4.78, 5) is 10.5. The molecule has 1 aromatic heterocycles. The Balaban J connectivity index is 2.19. The largest absolute Gasteiger partial charge is 0.468 e. The molecule has 0 radical (unpaired) electrons. The smallest absolute Gasteiger partial charge is 0.139 e. The Kier molecular flexibility index (Phi) is 3.23. The Morgan fingerprint density at radius 3 is 3.09 bits per heavy atom. The summed E-state index contributed by atoms with van der Waals surface area (Å²) in [5.74, 6) is 2.49. The maximum absolute atomic E-state index is 10.5. The molecular weight excluding hydrogens is 160 g/mol. The molecule has 0 N–H and O–H groups in total. The quantitative estimate of drug-likeness (QED) is 0.693. The fourth-order valence-electron chi connectivity index (χ4n) is 0.690. The number of hydrogen-bond acceptors (Lipinski definition) is 3. The van der Waals surface area contributed by atoms with E-state index in [1.807, 2.05) is 12.1 Å². The first-order valence-corrected chi connectivity index (χ1v) is 4.54. The zero-order valence-corrected chi connectivity index (χ0v) is 7.19. The van der Waals surface area contributed by atoms with Crippen LogP contribution in [0.3, 0.4) is 0 Å². The van der Waals surface area contributed by atoms with Crippen molar-refractivity contribution in [2.24, 2.45) is 0 Å². The van der Waals surface area contributed by atoms with Crippen molar-refractivity contribution in [3.8, 4) is 0 Å². The van der Waals surface area contributed by atoms with E-state index in [1.165, 1.54) is 0 Å².